The molecule has 0 aliphatic rings. The highest BCUT2D eigenvalue weighted by Gasteiger charge is 2.16. The molecule has 0 atom stereocenters. The van der Waals surface area contributed by atoms with Crippen LogP contribution in [0.3, 0.4) is 0 Å². The summed E-state index contributed by atoms with van der Waals surface area (Å²) in [6, 6.07) is 40.3. The zero-order chi connectivity index (χ0) is 43.6. The average molecular weight is 661 g/mol. The van der Waals surface area contributed by atoms with Crippen LogP contribution < -0.4 is 4.90 Å². The van der Waals surface area contributed by atoms with Crippen molar-refractivity contribution in [1.82, 2.24) is 0 Å². The number of hydrogen-bond donors (Lipinski definition) is 0. The molecule has 0 aliphatic carbocycles. The molecular formula is C50H35N. The van der Waals surface area contributed by atoms with E-state index in [-0.39, 0.29) is 45.5 Å². The molecular weight excluding hydrogens is 615 g/mol. The van der Waals surface area contributed by atoms with Gasteiger partial charge in [0.15, 0.2) is 0 Å². The molecule has 51 heavy (non-hydrogen) atoms. The van der Waals surface area contributed by atoms with Gasteiger partial charge in [0.2, 0.25) is 0 Å². The van der Waals surface area contributed by atoms with Crippen molar-refractivity contribution in [3.05, 3.63) is 212 Å². The lowest BCUT2D eigenvalue weighted by Gasteiger charge is -2.27. The standard InChI is InChI=1S/C50H35N/c1-2-11-36(12-3-1)37-23-25-38(26-24-37)39-27-31-45(32-28-39)51(50-22-10-16-42-14-5-7-20-49(42)50)46-33-29-40(30-34-46)43-17-8-18-44(35-43)48-21-9-15-41-13-4-6-19-47(41)48/h1-35H/i5D,7D,10D,14D,16D,20D,22D,27D,28D,31D,32D. The van der Waals surface area contributed by atoms with Crippen molar-refractivity contribution in [2.45, 2.75) is 0 Å². The van der Waals surface area contributed by atoms with E-state index in [1.807, 2.05) is 91.0 Å². The van der Waals surface area contributed by atoms with Gasteiger partial charge >= 0.3 is 0 Å². The Kier molecular flexibility index (Phi) is 5.41. The first-order valence-electron chi connectivity index (χ1n) is 22.1. The second-order valence-electron chi connectivity index (χ2n) is 12.1. The molecule has 0 radical (unpaired) electrons. The van der Waals surface area contributed by atoms with Gasteiger partial charge in [-0.1, -0.05) is 176 Å². The Hall–Kier alpha value is -6.70. The molecule has 9 aromatic rings. The Morgan fingerprint density at radius 2 is 0.922 bits per heavy atom. The number of hydrogen-bond acceptors (Lipinski definition) is 1. The van der Waals surface area contributed by atoms with Gasteiger partial charge < -0.3 is 4.90 Å². The van der Waals surface area contributed by atoms with Crippen LogP contribution in [0.5, 0.6) is 0 Å². The molecule has 0 spiro atoms. The number of nitrogens with zero attached hydrogens (tertiary/aromatic N) is 1. The predicted molar refractivity (Wildman–Crippen MR) is 218 cm³/mol. The quantitative estimate of drug-likeness (QED) is 0.164. The van der Waals surface area contributed by atoms with Gasteiger partial charge in [-0.05, 0) is 97.0 Å². The van der Waals surface area contributed by atoms with Crippen LogP contribution in [0.15, 0.2) is 212 Å². The van der Waals surface area contributed by atoms with Gasteiger partial charge in [0.1, 0.15) is 0 Å². The third-order valence-corrected chi connectivity index (χ3v) is 9.05. The zero-order valence-electron chi connectivity index (χ0n) is 38.3. The minimum atomic E-state index is -0.630. The van der Waals surface area contributed by atoms with E-state index in [2.05, 4.69) is 30.3 Å². The van der Waals surface area contributed by atoms with Gasteiger partial charge in [0.25, 0.3) is 0 Å². The van der Waals surface area contributed by atoms with Gasteiger partial charge in [-0.25, -0.2) is 0 Å². The van der Waals surface area contributed by atoms with Crippen molar-refractivity contribution >= 4 is 38.6 Å². The number of anilines is 3. The van der Waals surface area contributed by atoms with E-state index < -0.39 is 54.4 Å². The summed E-state index contributed by atoms with van der Waals surface area (Å²) in [5, 5.41) is 1.66. The lowest BCUT2D eigenvalue weighted by molar-refractivity contribution is 1.30. The highest BCUT2D eigenvalue weighted by atomic mass is 15.1. The minimum absolute atomic E-state index is 0.0466. The van der Waals surface area contributed by atoms with Crippen LogP contribution in [0, 0.1) is 0 Å². The van der Waals surface area contributed by atoms with Gasteiger partial charge in [0, 0.05) is 16.8 Å². The first kappa shape index (κ1) is 20.7. The molecule has 0 aliphatic heterocycles. The maximum absolute atomic E-state index is 9.49. The largest absolute Gasteiger partial charge is 0.310 e. The minimum Gasteiger partial charge on any atom is -0.310 e. The molecule has 0 aromatic heterocycles. The van der Waals surface area contributed by atoms with Crippen molar-refractivity contribution < 1.29 is 15.1 Å². The normalized spacial score (nSPS) is 14.2. The Balaban J connectivity index is 1.25. The third-order valence-electron chi connectivity index (χ3n) is 9.05. The predicted octanol–water partition coefficient (Wildman–Crippen LogP) is 14.1. The van der Waals surface area contributed by atoms with Gasteiger partial charge in [0.05, 0.1) is 20.8 Å². The number of fused-ring (bicyclic) bond motifs is 2. The van der Waals surface area contributed by atoms with E-state index in [0.717, 1.165) is 44.2 Å². The van der Waals surface area contributed by atoms with Gasteiger partial charge in [-0.2, -0.15) is 0 Å². The molecule has 0 saturated heterocycles. The smallest absolute Gasteiger partial charge is 0.0645 e. The molecule has 0 bridgehead atoms. The lowest BCUT2D eigenvalue weighted by Crippen LogP contribution is -2.10. The van der Waals surface area contributed by atoms with Crippen LogP contribution in [0.4, 0.5) is 17.1 Å². The van der Waals surface area contributed by atoms with Crippen molar-refractivity contribution in [2.24, 2.45) is 0 Å². The van der Waals surface area contributed by atoms with Crippen molar-refractivity contribution in [3.8, 4) is 44.5 Å². The van der Waals surface area contributed by atoms with Crippen LogP contribution in [0.25, 0.3) is 66.1 Å². The zero-order valence-corrected chi connectivity index (χ0v) is 27.3. The van der Waals surface area contributed by atoms with E-state index in [1.165, 1.54) is 4.90 Å². The molecule has 0 heterocycles. The second kappa shape index (κ2) is 13.3. The molecule has 240 valence electrons. The van der Waals surface area contributed by atoms with Crippen LogP contribution in [-0.2, 0) is 0 Å². The third kappa shape index (κ3) is 5.96. The van der Waals surface area contributed by atoms with Crippen molar-refractivity contribution in [1.29, 1.82) is 0 Å². The van der Waals surface area contributed by atoms with Crippen molar-refractivity contribution in [2.75, 3.05) is 4.90 Å². The van der Waals surface area contributed by atoms with Crippen LogP contribution in [-0.4, -0.2) is 0 Å². The lowest BCUT2D eigenvalue weighted by atomic mass is 9.95. The van der Waals surface area contributed by atoms with E-state index in [9.17, 15) is 6.85 Å². The summed E-state index contributed by atoms with van der Waals surface area (Å²) in [6.07, 6.45) is 0. The summed E-state index contributed by atoms with van der Waals surface area (Å²) in [7, 11) is 0. The fourth-order valence-corrected chi connectivity index (χ4v) is 6.51. The van der Waals surface area contributed by atoms with Gasteiger partial charge in [-0.15, -0.1) is 0 Å². The maximum Gasteiger partial charge on any atom is 0.0645 e. The number of benzene rings is 9. The molecule has 9 rings (SSSR count). The molecule has 0 unspecified atom stereocenters. The van der Waals surface area contributed by atoms with Crippen LogP contribution >= 0.6 is 0 Å². The second-order valence-corrected chi connectivity index (χ2v) is 12.1. The molecule has 1 nitrogen and oxygen atoms in total. The highest BCUT2D eigenvalue weighted by molar-refractivity contribution is 6.00. The summed E-state index contributed by atoms with van der Waals surface area (Å²) < 4.78 is 99.3. The molecule has 1 heteroatoms. The molecule has 0 fully saturated rings. The Labute approximate surface area is 314 Å². The SMILES string of the molecule is [2H]c1c([2H])c(N(c2ccc(-c3cccc(-c4cccc5ccccc45)c3)cc2)c2c([2H])c([2H])c([2H])c3c([2H])c([2H])c([2H])c([2H])c23)c([2H])c([2H])c1-c1ccc(-c2ccccc2)cc1. The monoisotopic (exact) mass is 660 g/mol. The van der Waals surface area contributed by atoms with Crippen LogP contribution in [0.2, 0.25) is 0 Å². The van der Waals surface area contributed by atoms with Crippen LogP contribution in [0.1, 0.15) is 15.1 Å². The molecule has 0 saturated carbocycles. The topological polar surface area (TPSA) is 3.24 Å². The molecule has 0 N–H and O–H groups in total. The van der Waals surface area contributed by atoms with E-state index in [1.54, 1.807) is 24.3 Å². The highest BCUT2D eigenvalue weighted by Crippen LogP contribution is 2.41. The maximum atomic E-state index is 9.49. The first-order valence-corrected chi connectivity index (χ1v) is 16.6. The Bertz CT molecular complexity index is 3200. The summed E-state index contributed by atoms with van der Waals surface area (Å²) in [5.74, 6) is 0. The summed E-state index contributed by atoms with van der Waals surface area (Å²) >= 11 is 0. The summed E-state index contributed by atoms with van der Waals surface area (Å²) in [4.78, 5) is 1.27. The molecule has 0 amide bonds. The van der Waals surface area contributed by atoms with Gasteiger partial charge in [-0.3, -0.25) is 0 Å². The summed E-state index contributed by atoms with van der Waals surface area (Å²) in [6.45, 7) is 0. The Morgan fingerprint density at radius 1 is 0.333 bits per heavy atom. The fourth-order valence-electron chi connectivity index (χ4n) is 6.51. The average Bonchev–Trinajstić information content (AvgIpc) is 3.31. The molecule has 9 aromatic carbocycles. The van der Waals surface area contributed by atoms with E-state index >= 15 is 0 Å². The summed E-state index contributed by atoms with van der Waals surface area (Å²) in [5.41, 5.74) is 5.77. The first-order chi connectivity index (χ1) is 29.9. The Morgan fingerprint density at radius 3 is 1.75 bits per heavy atom. The van der Waals surface area contributed by atoms with Crippen molar-refractivity contribution in [3.63, 3.8) is 0 Å². The van der Waals surface area contributed by atoms with E-state index in [4.69, 9.17) is 8.22 Å². The van der Waals surface area contributed by atoms with E-state index in [0.29, 0.717) is 5.56 Å². The fraction of sp³-hybridized carbons (Fsp3) is 0. The number of rotatable bonds is 7.